The summed E-state index contributed by atoms with van der Waals surface area (Å²) in [6, 6.07) is 6.15. The number of hydrogen-bond donors (Lipinski definition) is 0. The van der Waals surface area contributed by atoms with E-state index in [0.29, 0.717) is 19.0 Å². The summed E-state index contributed by atoms with van der Waals surface area (Å²) in [5.74, 6) is 0.401. The Hall–Kier alpha value is -1.51. The van der Waals surface area contributed by atoms with Crippen LogP contribution in [0.5, 0.6) is 0 Å². The van der Waals surface area contributed by atoms with Crippen LogP contribution in [0.4, 0.5) is 0 Å². The molecule has 0 unspecified atom stereocenters. The van der Waals surface area contributed by atoms with Crippen LogP contribution in [-0.4, -0.2) is 59.9 Å². The average molecular weight is 336 g/mol. The van der Waals surface area contributed by atoms with Crippen molar-refractivity contribution in [1.82, 2.24) is 19.5 Å². The number of piperidine rings is 1. The number of fused-ring (bicyclic) bond motifs is 5. The van der Waals surface area contributed by atoms with Crippen LogP contribution in [0.2, 0.25) is 0 Å². The lowest BCUT2D eigenvalue weighted by atomic mass is 9.94. The maximum Gasteiger partial charge on any atom is 0.211 e. The predicted octanol–water partition coefficient (Wildman–Crippen LogP) is 1.08. The van der Waals surface area contributed by atoms with Crippen molar-refractivity contribution in [2.75, 3.05) is 25.9 Å². The van der Waals surface area contributed by atoms with Crippen molar-refractivity contribution in [2.45, 2.75) is 25.4 Å². The number of aromatic nitrogens is 2. The van der Waals surface area contributed by atoms with E-state index in [1.54, 1.807) is 4.31 Å². The van der Waals surface area contributed by atoms with Crippen molar-refractivity contribution in [3.8, 4) is 0 Å². The Morgan fingerprint density at radius 2 is 2.09 bits per heavy atom. The predicted molar refractivity (Wildman–Crippen MR) is 85.1 cm³/mol. The molecule has 0 amide bonds. The SMILES string of the molecule is CS(=O)(=O)N1C[C@@H]2CC[C@H](C1)N(Cc1cccc3nonc13)C2. The Bertz CT molecular complexity index is 819. The van der Waals surface area contributed by atoms with Crippen LogP contribution < -0.4 is 0 Å². The van der Waals surface area contributed by atoms with Gasteiger partial charge in [-0.1, -0.05) is 12.1 Å². The molecule has 1 aromatic carbocycles. The van der Waals surface area contributed by atoms with Crippen molar-refractivity contribution in [2.24, 2.45) is 5.92 Å². The highest BCUT2D eigenvalue weighted by Gasteiger charge is 2.37. The van der Waals surface area contributed by atoms with Crippen molar-refractivity contribution in [3.63, 3.8) is 0 Å². The Balaban J connectivity index is 1.60. The molecule has 0 N–H and O–H groups in total. The highest BCUT2D eigenvalue weighted by Crippen LogP contribution is 2.31. The molecule has 5 rings (SSSR count). The fraction of sp³-hybridized carbons (Fsp3) is 0.600. The molecule has 2 aromatic rings. The molecule has 2 atom stereocenters. The molecular formula is C15H20N4O3S. The van der Waals surface area contributed by atoms with Gasteiger partial charge in [0.2, 0.25) is 10.0 Å². The second-order valence-electron chi connectivity index (χ2n) is 6.66. The van der Waals surface area contributed by atoms with Gasteiger partial charge in [-0.05, 0) is 40.7 Å². The molecule has 3 fully saturated rings. The zero-order chi connectivity index (χ0) is 16.0. The van der Waals surface area contributed by atoms with Crippen molar-refractivity contribution >= 4 is 21.1 Å². The van der Waals surface area contributed by atoms with Gasteiger partial charge in [-0.25, -0.2) is 17.4 Å². The molecule has 0 aliphatic carbocycles. The molecule has 3 saturated heterocycles. The van der Waals surface area contributed by atoms with E-state index in [4.69, 9.17) is 4.63 Å². The molecule has 2 bridgehead atoms. The summed E-state index contributed by atoms with van der Waals surface area (Å²) < 4.78 is 30.4. The summed E-state index contributed by atoms with van der Waals surface area (Å²) in [5, 5.41) is 7.90. The maximum absolute atomic E-state index is 11.9. The number of benzene rings is 1. The van der Waals surface area contributed by atoms with Gasteiger partial charge in [0.05, 0.1) is 6.26 Å². The third-order valence-electron chi connectivity index (χ3n) is 5.01. The molecule has 3 aliphatic rings. The third-order valence-corrected chi connectivity index (χ3v) is 6.24. The molecule has 0 saturated carbocycles. The Kier molecular flexibility index (Phi) is 3.62. The van der Waals surface area contributed by atoms with Gasteiger partial charge in [0.15, 0.2) is 0 Å². The maximum atomic E-state index is 11.9. The van der Waals surface area contributed by atoms with Gasteiger partial charge in [0.25, 0.3) is 0 Å². The van der Waals surface area contributed by atoms with Crippen LogP contribution in [0.3, 0.4) is 0 Å². The monoisotopic (exact) mass is 336 g/mol. The Morgan fingerprint density at radius 1 is 1.22 bits per heavy atom. The molecule has 3 aliphatic heterocycles. The second-order valence-corrected chi connectivity index (χ2v) is 8.64. The Morgan fingerprint density at radius 3 is 2.91 bits per heavy atom. The average Bonchev–Trinajstić information content (AvgIpc) is 2.79. The largest absolute Gasteiger partial charge is 0.294 e. The van der Waals surface area contributed by atoms with E-state index in [-0.39, 0.29) is 6.04 Å². The lowest BCUT2D eigenvalue weighted by Crippen LogP contribution is -2.43. The molecule has 1 aromatic heterocycles. The van der Waals surface area contributed by atoms with E-state index in [1.807, 2.05) is 18.2 Å². The molecule has 7 nitrogen and oxygen atoms in total. The van der Waals surface area contributed by atoms with Crippen LogP contribution in [-0.2, 0) is 16.6 Å². The third kappa shape index (κ3) is 2.86. The van der Waals surface area contributed by atoms with Crippen LogP contribution in [0, 0.1) is 5.92 Å². The summed E-state index contributed by atoms with van der Waals surface area (Å²) >= 11 is 0. The highest BCUT2D eigenvalue weighted by molar-refractivity contribution is 7.88. The summed E-state index contributed by atoms with van der Waals surface area (Å²) in [5.41, 5.74) is 2.65. The first-order chi connectivity index (χ1) is 11.0. The van der Waals surface area contributed by atoms with Crippen LogP contribution in [0.25, 0.3) is 11.0 Å². The molecule has 0 spiro atoms. The second kappa shape index (κ2) is 5.54. The topological polar surface area (TPSA) is 79.5 Å². The Labute approximate surface area is 135 Å². The number of sulfonamides is 1. The van der Waals surface area contributed by atoms with E-state index in [0.717, 1.165) is 42.5 Å². The van der Waals surface area contributed by atoms with Crippen molar-refractivity contribution in [1.29, 1.82) is 0 Å². The zero-order valence-electron chi connectivity index (χ0n) is 13.1. The molecule has 23 heavy (non-hydrogen) atoms. The summed E-state index contributed by atoms with van der Waals surface area (Å²) in [7, 11) is -3.13. The van der Waals surface area contributed by atoms with Gasteiger partial charge in [-0.3, -0.25) is 4.90 Å². The first-order valence-electron chi connectivity index (χ1n) is 7.90. The van der Waals surface area contributed by atoms with Gasteiger partial charge < -0.3 is 0 Å². The van der Waals surface area contributed by atoms with E-state index < -0.39 is 10.0 Å². The van der Waals surface area contributed by atoms with Gasteiger partial charge in [-0.2, -0.15) is 0 Å². The summed E-state index contributed by atoms with van der Waals surface area (Å²) in [4.78, 5) is 2.39. The normalized spacial score (nSPS) is 26.7. The van der Waals surface area contributed by atoms with E-state index in [2.05, 4.69) is 15.2 Å². The van der Waals surface area contributed by atoms with Gasteiger partial charge >= 0.3 is 0 Å². The van der Waals surface area contributed by atoms with E-state index in [1.165, 1.54) is 6.26 Å². The quantitative estimate of drug-likeness (QED) is 0.834. The summed E-state index contributed by atoms with van der Waals surface area (Å²) in [6.45, 7) is 2.91. The van der Waals surface area contributed by atoms with Crippen LogP contribution in [0.1, 0.15) is 18.4 Å². The standard InChI is InChI=1S/C15H20N4O3S/c1-23(20,21)19-8-11-5-6-13(10-19)18(7-11)9-12-3-2-4-14-15(12)17-22-16-14/h2-4,11,13H,5-10H2,1H3/t11-,13-/m1/s1. The summed E-state index contributed by atoms with van der Waals surface area (Å²) in [6.07, 6.45) is 3.45. The lowest BCUT2D eigenvalue weighted by molar-refractivity contribution is 0.125. The van der Waals surface area contributed by atoms with E-state index in [9.17, 15) is 8.42 Å². The molecule has 4 heterocycles. The number of rotatable bonds is 3. The lowest BCUT2D eigenvalue weighted by Gasteiger charge is -2.36. The first-order valence-corrected chi connectivity index (χ1v) is 9.75. The minimum absolute atomic E-state index is 0.263. The minimum atomic E-state index is -3.13. The molecular weight excluding hydrogens is 316 g/mol. The fourth-order valence-electron chi connectivity index (χ4n) is 3.81. The van der Waals surface area contributed by atoms with Gasteiger partial charge in [0.1, 0.15) is 11.0 Å². The zero-order valence-corrected chi connectivity index (χ0v) is 13.9. The number of nitrogens with zero attached hydrogens (tertiary/aromatic N) is 4. The molecule has 8 heteroatoms. The number of hydrogen-bond acceptors (Lipinski definition) is 6. The molecule has 0 radical (unpaired) electrons. The smallest absolute Gasteiger partial charge is 0.211 e. The molecule has 124 valence electrons. The van der Waals surface area contributed by atoms with Gasteiger partial charge in [0, 0.05) is 32.2 Å². The minimum Gasteiger partial charge on any atom is -0.294 e. The fourth-order valence-corrected chi connectivity index (χ4v) is 4.73. The highest BCUT2D eigenvalue weighted by atomic mass is 32.2. The first kappa shape index (κ1) is 15.0. The van der Waals surface area contributed by atoms with Crippen LogP contribution >= 0.6 is 0 Å². The van der Waals surface area contributed by atoms with E-state index >= 15 is 0 Å². The van der Waals surface area contributed by atoms with Crippen LogP contribution in [0.15, 0.2) is 22.8 Å². The van der Waals surface area contributed by atoms with Crippen molar-refractivity contribution in [3.05, 3.63) is 23.8 Å². The van der Waals surface area contributed by atoms with Crippen molar-refractivity contribution < 1.29 is 13.0 Å². The van der Waals surface area contributed by atoms with Gasteiger partial charge in [-0.15, -0.1) is 0 Å².